The Morgan fingerprint density at radius 1 is 1.06 bits per heavy atom. The summed E-state index contributed by atoms with van der Waals surface area (Å²) in [4.78, 5) is 4.10. The fourth-order valence-corrected chi connectivity index (χ4v) is 4.17. The van der Waals surface area contributed by atoms with E-state index in [0.29, 0.717) is 28.0 Å². The van der Waals surface area contributed by atoms with Crippen LogP contribution in [0.5, 0.6) is 10.9 Å². The van der Waals surface area contributed by atoms with Crippen molar-refractivity contribution in [1.29, 1.82) is 0 Å². The molecule has 0 saturated carbocycles. The number of aliphatic hydroxyl groups excluding tert-OH is 3. The van der Waals surface area contributed by atoms with E-state index in [4.69, 9.17) is 25.8 Å². The van der Waals surface area contributed by atoms with Gasteiger partial charge in [-0.1, -0.05) is 47.2 Å². The predicted octanol–water partition coefficient (Wildman–Crippen LogP) is 3.31. The molecule has 1 saturated heterocycles. The Labute approximate surface area is 188 Å². The smallest absolute Gasteiger partial charge is 0.278 e. The van der Waals surface area contributed by atoms with Gasteiger partial charge in [0, 0.05) is 23.7 Å². The van der Waals surface area contributed by atoms with Crippen LogP contribution in [0.1, 0.15) is 22.8 Å². The van der Waals surface area contributed by atoms with Gasteiger partial charge in [0.1, 0.15) is 30.2 Å². The van der Waals surface area contributed by atoms with Gasteiger partial charge in [0.2, 0.25) is 0 Å². The number of nitrogens with zero attached hydrogens (tertiary/aromatic N) is 1. The summed E-state index contributed by atoms with van der Waals surface area (Å²) in [6.07, 6.45) is -3.73. The molecule has 0 radical (unpaired) electrons. The molecule has 2 heterocycles. The van der Waals surface area contributed by atoms with Crippen LogP contribution in [-0.2, 0) is 15.9 Å². The maximum Gasteiger partial charge on any atom is 0.278 e. The standard InChI is InChI=1S/C22H22ClNO6S/c1-28-21-19(27)17(25)18(26)20(30-21)13-4-7-16(23)14(11-13)10-12-2-5-15(6-3-12)29-22-24-8-9-31-22/h2-9,11,17-21,25-27H,10H2,1H3/t17-,18-,19+,20+,21?/m1/s1. The second-order valence-corrected chi connectivity index (χ2v) is 8.47. The molecular formula is C22H22ClNO6S. The summed E-state index contributed by atoms with van der Waals surface area (Å²) in [5.74, 6) is 0.690. The average molecular weight is 464 g/mol. The summed E-state index contributed by atoms with van der Waals surface area (Å²) >= 11 is 7.82. The molecule has 0 aliphatic carbocycles. The van der Waals surface area contributed by atoms with E-state index < -0.39 is 30.7 Å². The highest BCUT2D eigenvalue weighted by molar-refractivity contribution is 7.11. The molecule has 9 heteroatoms. The normalized spacial score (nSPS) is 26.0. The minimum Gasteiger partial charge on any atom is -0.431 e. The van der Waals surface area contributed by atoms with Crippen molar-refractivity contribution in [1.82, 2.24) is 4.98 Å². The summed E-state index contributed by atoms with van der Waals surface area (Å²) in [6.45, 7) is 0. The highest BCUT2D eigenvalue weighted by Gasteiger charge is 2.44. The van der Waals surface area contributed by atoms with Crippen LogP contribution in [0.15, 0.2) is 54.0 Å². The molecule has 2 aromatic carbocycles. The van der Waals surface area contributed by atoms with Gasteiger partial charge in [-0.2, -0.15) is 0 Å². The highest BCUT2D eigenvalue weighted by Crippen LogP contribution is 2.35. The van der Waals surface area contributed by atoms with Crippen LogP contribution in [0.3, 0.4) is 0 Å². The van der Waals surface area contributed by atoms with Crippen molar-refractivity contribution in [3.8, 4) is 10.9 Å². The van der Waals surface area contributed by atoms with E-state index in [1.54, 1.807) is 18.3 Å². The Hall–Kier alpha value is -2.04. The highest BCUT2D eigenvalue weighted by atomic mass is 35.5. The third-order valence-corrected chi connectivity index (χ3v) is 6.15. The van der Waals surface area contributed by atoms with Crippen molar-refractivity contribution in [2.75, 3.05) is 7.11 Å². The summed E-state index contributed by atoms with van der Waals surface area (Å²) in [5, 5.41) is 33.5. The van der Waals surface area contributed by atoms with E-state index in [2.05, 4.69) is 4.98 Å². The molecular weight excluding hydrogens is 442 g/mol. The van der Waals surface area contributed by atoms with Crippen molar-refractivity contribution in [3.05, 3.63) is 75.8 Å². The fraction of sp³-hybridized carbons (Fsp3) is 0.318. The first-order chi connectivity index (χ1) is 15.0. The minimum absolute atomic E-state index is 0.548. The molecule has 1 fully saturated rings. The van der Waals surface area contributed by atoms with Gasteiger partial charge >= 0.3 is 0 Å². The second-order valence-electron chi connectivity index (χ2n) is 7.20. The number of benzene rings is 2. The molecule has 0 spiro atoms. The summed E-state index contributed by atoms with van der Waals surface area (Å²) in [7, 11) is 1.37. The summed E-state index contributed by atoms with van der Waals surface area (Å²) < 4.78 is 16.4. The first-order valence-corrected chi connectivity index (χ1v) is 10.9. The SMILES string of the molecule is COC1O[C@@H](c2ccc(Cl)c(Cc3ccc(Oc4nccs4)cc3)c2)[C@H](O)[C@@H](O)[C@@H]1O. The second kappa shape index (κ2) is 9.62. The Kier molecular flexibility index (Phi) is 6.88. The number of aromatic nitrogens is 1. The van der Waals surface area contributed by atoms with Gasteiger partial charge < -0.3 is 29.5 Å². The maximum absolute atomic E-state index is 10.4. The van der Waals surface area contributed by atoms with Crippen LogP contribution in [0.25, 0.3) is 0 Å². The molecule has 1 aromatic heterocycles. The monoisotopic (exact) mass is 463 g/mol. The molecule has 4 rings (SSSR count). The third-order valence-electron chi connectivity index (χ3n) is 5.13. The number of aliphatic hydroxyl groups is 3. The number of rotatable bonds is 6. The number of thiazole rings is 1. The van der Waals surface area contributed by atoms with E-state index >= 15 is 0 Å². The number of ether oxygens (including phenoxy) is 3. The lowest BCUT2D eigenvalue weighted by Crippen LogP contribution is -2.54. The first-order valence-electron chi connectivity index (χ1n) is 9.63. The van der Waals surface area contributed by atoms with Gasteiger partial charge in [0.15, 0.2) is 6.29 Å². The Morgan fingerprint density at radius 2 is 1.84 bits per heavy atom. The molecule has 31 heavy (non-hydrogen) atoms. The van der Waals surface area contributed by atoms with E-state index in [0.717, 1.165) is 11.1 Å². The van der Waals surface area contributed by atoms with E-state index in [1.807, 2.05) is 35.7 Å². The van der Waals surface area contributed by atoms with Gasteiger partial charge in [-0.3, -0.25) is 0 Å². The average Bonchev–Trinajstić information content (AvgIpc) is 3.28. The van der Waals surface area contributed by atoms with E-state index in [9.17, 15) is 15.3 Å². The number of methoxy groups -OCH3 is 1. The van der Waals surface area contributed by atoms with Crippen molar-refractivity contribution in [2.24, 2.45) is 0 Å². The molecule has 3 N–H and O–H groups in total. The Bertz CT molecular complexity index is 998. The molecule has 0 amide bonds. The van der Waals surface area contributed by atoms with Crippen LogP contribution >= 0.6 is 22.9 Å². The van der Waals surface area contributed by atoms with Gasteiger partial charge in [-0.15, -0.1) is 0 Å². The van der Waals surface area contributed by atoms with Gasteiger partial charge in [0.05, 0.1) is 0 Å². The largest absolute Gasteiger partial charge is 0.431 e. The van der Waals surface area contributed by atoms with Crippen molar-refractivity contribution >= 4 is 22.9 Å². The maximum atomic E-state index is 10.4. The predicted molar refractivity (Wildman–Crippen MR) is 116 cm³/mol. The lowest BCUT2D eigenvalue weighted by Gasteiger charge is -2.40. The number of halogens is 1. The third kappa shape index (κ3) is 4.91. The number of hydrogen-bond acceptors (Lipinski definition) is 8. The zero-order chi connectivity index (χ0) is 22.0. The van der Waals surface area contributed by atoms with E-state index in [-0.39, 0.29) is 0 Å². The minimum atomic E-state index is -1.40. The molecule has 5 atom stereocenters. The van der Waals surface area contributed by atoms with Crippen LogP contribution in [0.2, 0.25) is 5.02 Å². The fourth-order valence-electron chi connectivity index (χ4n) is 3.48. The molecule has 164 valence electrons. The zero-order valence-electron chi connectivity index (χ0n) is 16.6. The van der Waals surface area contributed by atoms with Crippen molar-refractivity contribution < 1.29 is 29.5 Å². The van der Waals surface area contributed by atoms with Crippen LogP contribution in [0.4, 0.5) is 0 Å². The lowest BCUT2D eigenvalue weighted by atomic mass is 9.92. The van der Waals surface area contributed by atoms with Crippen LogP contribution in [-0.4, -0.2) is 52.0 Å². The molecule has 3 aromatic rings. The molecule has 7 nitrogen and oxygen atoms in total. The van der Waals surface area contributed by atoms with Crippen molar-refractivity contribution in [3.63, 3.8) is 0 Å². The summed E-state index contributed by atoms with van der Waals surface area (Å²) in [6, 6.07) is 12.9. The van der Waals surface area contributed by atoms with Crippen LogP contribution in [0, 0.1) is 0 Å². The Balaban J connectivity index is 1.51. The van der Waals surface area contributed by atoms with Crippen LogP contribution < -0.4 is 4.74 Å². The number of hydrogen-bond donors (Lipinski definition) is 3. The van der Waals surface area contributed by atoms with Crippen molar-refractivity contribution in [2.45, 2.75) is 37.1 Å². The Morgan fingerprint density at radius 3 is 2.52 bits per heavy atom. The molecule has 1 aliphatic rings. The van der Waals surface area contributed by atoms with E-state index in [1.165, 1.54) is 18.4 Å². The van der Waals surface area contributed by atoms with Gasteiger partial charge in [-0.05, 0) is 41.3 Å². The zero-order valence-corrected chi connectivity index (χ0v) is 18.2. The van der Waals surface area contributed by atoms with Gasteiger partial charge in [0.25, 0.3) is 5.19 Å². The molecule has 0 bridgehead atoms. The first kappa shape index (κ1) is 22.2. The van der Waals surface area contributed by atoms with Gasteiger partial charge in [-0.25, -0.2) is 4.98 Å². The topological polar surface area (TPSA) is 101 Å². The lowest BCUT2D eigenvalue weighted by molar-refractivity contribution is -0.292. The molecule has 1 aliphatic heterocycles. The molecule has 1 unspecified atom stereocenters. The quantitative estimate of drug-likeness (QED) is 0.515. The summed E-state index contributed by atoms with van der Waals surface area (Å²) in [5.41, 5.74) is 2.47.